The van der Waals surface area contributed by atoms with E-state index in [2.05, 4.69) is 142 Å². The number of esters is 3. The molecule has 0 aromatic carbocycles. The van der Waals surface area contributed by atoms with Gasteiger partial charge in [-0.3, -0.25) is 14.4 Å². The predicted molar refractivity (Wildman–Crippen MR) is 301 cm³/mol. The normalized spacial score (nSPS) is 13.5. The minimum absolute atomic E-state index is 0.133. The first kappa shape index (κ1) is 64.8. The number of carbonyl (C=O) groups is 3. The lowest BCUT2D eigenvalue weighted by atomic mass is 10.1. The summed E-state index contributed by atoms with van der Waals surface area (Å²) in [6, 6.07) is 0. The van der Waals surface area contributed by atoms with E-state index >= 15 is 0 Å². The Hall–Kier alpha value is -5.23. The molecule has 6 heteroatoms. The van der Waals surface area contributed by atoms with Crippen molar-refractivity contribution in [1.29, 1.82) is 0 Å². The first-order valence-electron chi connectivity index (χ1n) is 27.3. The van der Waals surface area contributed by atoms with Crippen LogP contribution in [0.4, 0.5) is 0 Å². The molecule has 0 aliphatic carbocycles. The van der Waals surface area contributed by atoms with E-state index in [0.29, 0.717) is 12.8 Å². The summed E-state index contributed by atoms with van der Waals surface area (Å²) in [6.45, 7) is 6.26. The molecule has 0 saturated heterocycles. The molecule has 70 heavy (non-hydrogen) atoms. The van der Waals surface area contributed by atoms with Gasteiger partial charge in [0.1, 0.15) is 13.2 Å². The highest BCUT2D eigenvalue weighted by Crippen LogP contribution is 2.12. The number of hydrogen-bond acceptors (Lipinski definition) is 6. The Labute approximate surface area is 428 Å². The van der Waals surface area contributed by atoms with Gasteiger partial charge in [0.25, 0.3) is 0 Å². The summed E-state index contributed by atoms with van der Waals surface area (Å²) < 4.78 is 16.7. The Morgan fingerprint density at radius 2 is 0.671 bits per heavy atom. The molecule has 0 aromatic rings. The predicted octanol–water partition coefficient (Wildman–Crippen LogP) is 18.4. The molecule has 0 spiro atoms. The fourth-order valence-corrected chi connectivity index (χ4v) is 6.59. The van der Waals surface area contributed by atoms with Crippen molar-refractivity contribution < 1.29 is 28.6 Å². The largest absolute Gasteiger partial charge is 0.462 e. The van der Waals surface area contributed by atoms with Crippen molar-refractivity contribution >= 4 is 17.9 Å². The minimum atomic E-state index is -0.842. The zero-order valence-electron chi connectivity index (χ0n) is 44.2. The second-order valence-corrected chi connectivity index (χ2v) is 17.3. The monoisotopic (exact) mass is 961 g/mol. The van der Waals surface area contributed by atoms with Crippen LogP contribution in [0.1, 0.15) is 194 Å². The highest BCUT2D eigenvalue weighted by Gasteiger charge is 2.19. The highest BCUT2D eigenvalue weighted by molar-refractivity contribution is 5.71. The van der Waals surface area contributed by atoms with Gasteiger partial charge in [0.15, 0.2) is 6.10 Å². The van der Waals surface area contributed by atoms with E-state index in [0.717, 1.165) is 122 Å². The molecule has 0 amide bonds. The Bertz CT molecular complexity index is 1670. The van der Waals surface area contributed by atoms with Crippen molar-refractivity contribution in [1.82, 2.24) is 0 Å². The number of ether oxygens (including phenoxy) is 3. The van der Waals surface area contributed by atoms with Gasteiger partial charge in [-0.15, -0.1) is 0 Å². The van der Waals surface area contributed by atoms with Crippen LogP contribution in [-0.4, -0.2) is 37.2 Å². The Kier molecular flexibility index (Phi) is 52.1. The maximum Gasteiger partial charge on any atom is 0.306 e. The standard InChI is InChI=1S/C64H96O6/c1-4-7-10-13-16-19-22-25-28-31-33-36-39-42-45-48-51-54-57-63(66)69-60-61(59-68-62(65)56-53-50-47-44-41-38-35-30-27-24-21-18-15-12-9-6-3)70-64(67)58-55-52-49-46-43-40-37-34-32-29-26-23-20-17-14-11-8-5-2/h9-10,12-13,16-23,25-34,36-38,41,47,50,61H,4-8,11,14-15,24,35,39-40,42-46,48-49,51-60H2,1-3H3/b12-9-,13-10-,19-16-,20-17-,21-18-,25-22-,26-23-,30-27-,31-28-,32-29-,36-33-,37-34-,41-38-,50-47-. The van der Waals surface area contributed by atoms with Gasteiger partial charge in [0, 0.05) is 19.3 Å². The van der Waals surface area contributed by atoms with Crippen LogP contribution in [0.15, 0.2) is 170 Å². The molecule has 0 aliphatic rings. The van der Waals surface area contributed by atoms with Crippen LogP contribution in [-0.2, 0) is 28.6 Å². The van der Waals surface area contributed by atoms with Crippen LogP contribution in [0, 0.1) is 0 Å². The second-order valence-electron chi connectivity index (χ2n) is 17.3. The summed E-state index contributed by atoms with van der Waals surface area (Å²) in [7, 11) is 0. The zero-order valence-corrected chi connectivity index (χ0v) is 44.2. The lowest BCUT2D eigenvalue weighted by Crippen LogP contribution is -2.30. The maximum atomic E-state index is 12.8. The Balaban J connectivity index is 4.65. The Morgan fingerprint density at radius 3 is 1.11 bits per heavy atom. The van der Waals surface area contributed by atoms with Gasteiger partial charge in [-0.2, -0.15) is 0 Å². The summed E-state index contributed by atoms with van der Waals surface area (Å²) >= 11 is 0. The molecule has 0 heterocycles. The molecule has 0 saturated carbocycles. The van der Waals surface area contributed by atoms with Gasteiger partial charge in [-0.1, -0.05) is 249 Å². The number of rotatable bonds is 46. The van der Waals surface area contributed by atoms with Gasteiger partial charge < -0.3 is 14.2 Å². The first-order chi connectivity index (χ1) is 34.5. The molecule has 0 aliphatic heterocycles. The molecule has 0 radical (unpaired) electrons. The van der Waals surface area contributed by atoms with Crippen LogP contribution < -0.4 is 0 Å². The van der Waals surface area contributed by atoms with Gasteiger partial charge >= 0.3 is 17.9 Å². The van der Waals surface area contributed by atoms with Crippen molar-refractivity contribution in [2.75, 3.05) is 13.2 Å². The lowest BCUT2D eigenvalue weighted by molar-refractivity contribution is -0.166. The van der Waals surface area contributed by atoms with E-state index in [1.807, 2.05) is 48.6 Å². The van der Waals surface area contributed by atoms with E-state index < -0.39 is 6.10 Å². The lowest BCUT2D eigenvalue weighted by Gasteiger charge is -2.18. The summed E-state index contributed by atoms with van der Waals surface area (Å²) in [5.74, 6) is -1.08. The molecule has 6 nitrogen and oxygen atoms in total. The van der Waals surface area contributed by atoms with Crippen molar-refractivity contribution in [3.63, 3.8) is 0 Å². The number of carbonyl (C=O) groups excluding carboxylic acids is 3. The van der Waals surface area contributed by atoms with Gasteiger partial charge in [-0.05, 0) is 96.3 Å². The SMILES string of the molecule is CC/C=C\C/C=C\C/C=C\C/C=C\C/C=C\CCC(=O)OCC(COC(=O)CCCCCCC\C=C/C=C\C=C/C=C\C=C/CCC)OC(=O)CCCCCCC\C=C/C=C\C=C/C=C\CCCCC. The fraction of sp³-hybridized carbons (Fsp3) is 0.516. The van der Waals surface area contributed by atoms with Crippen molar-refractivity contribution in [3.05, 3.63) is 170 Å². The third-order valence-electron chi connectivity index (χ3n) is 10.6. The van der Waals surface area contributed by atoms with Crippen LogP contribution >= 0.6 is 0 Å². The quantitative estimate of drug-likeness (QED) is 0.0199. The van der Waals surface area contributed by atoms with E-state index in [1.165, 1.54) is 25.7 Å². The molecular formula is C64H96O6. The van der Waals surface area contributed by atoms with Crippen molar-refractivity contribution in [2.45, 2.75) is 200 Å². The van der Waals surface area contributed by atoms with Crippen LogP contribution in [0.5, 0.6) is 0 Å². The van der Waals surface area contributed by atoms with Crippen LogP contribution in [0.25, 0.3) is 0 Å². The van der Waals surface area contributed by atoms with E-state index in [1.54, 1.807) is 0 Å². The number of allylic oxidation sites excluding steroid dienone is 28. The summed E-state index contributed by atoms with van der Waals surface area (Å²) in [5, 5.41) is 0. The summed E-state index contributed by atoms with van der Waals surface area (Å²) in [4.78, 5) is 38.1. The molecule has 0 rings (SSSR count). The average Bonchev–Trinajstić information content (AvgIpc) is 3.36. The number of unbranched alkanes of at least 4 members (excludes halogenated alkanes) is 14. The van der Waals surface area contributed by atoms with Gasteiger partial charge in [-0.25, -0.2) is 0 Å². The summed E-state index contributed by atoms with van der Waals surface area (Å²) in [6.07, 6.45) is 83.3. The molecule has 0 aromatic heterocycles. The molecule has 1 unspecified atom stereocenters. The molecule has 0 bridgehead atoms. The molecule has 1 atom stereocenters. The van der Waals surface area contributed by atoms with Crippen LogP contribution in [0.2, 0.25) is 0 Å². The number of hydrogen-bond donors (Lipinski definition) is 0. The smallest absolute Gasteiger partial charge is 0.306 e. The topological polar surface area (TPSA) is 78.9 Å². The summed E-state index contributed by atoms with van der Waals surface area (Å²) in [5.41, 5.74) is 0. The van der Waals surface area contributed by atoms with Crippen molar-refractivity contribution in [3.8, 4) is 0 Å². The third-order valence-corrected chi connectivity index (χ3v) is 10.6. The second kappa shape index (κ2) is 56.4. The minimum Gasteiger partial charge on any atom is -0.462 e. The van der Waals surface area contributed by atoms with E-state index in [9.17, 15) is 14.4 Å². The van der Waals surface area contributed by atoms with Gasteiger partial charge in [0.05, 0.1) is 0 Å². The average molecular weight is 961 g/mol. The van der Waals surface area contributed by atoms with Gasteiger partial charge in [0.2, 0.25) is 0 Å². The highest BCUT2D eigenvalue weighted by atomic mass is 16.6. The van der Waals surface area contributed by atoms with E-state index in [4.69, 9.17) is 14.2 Å². The third kappa shape index (κ3) is 53.7. The molecular weight excluding hydrogens is 865 g/mol. The fourth-order valence-electron chi connectivity index (χ4n) is 6.59. The Morgan fingerprint density at radius 1 is 0.314 bits per heavy atom. The molecule has 0 fully saturated rings. The van der Waals surface area contributed by atoms with Crippen LogP contribution in [0.3, 0.4) is 0 Å². The van der Waals surface area contributed by atoms with Crippen molar-refractivity contribution in [2.24, 2.45) is 0 Å². The molecule has 0 N–H and O–H groups in total. The maximum absolute atomic E-state index is 12.8. The molecule has 388 valence electrons. The first-order valence-corrected chi connectivity index (χ1v) is 27.3. The zero-order chi connectivity index (χ0) is 50.7. The van der Waals surface area contributed by atoms with E-state index in [-0.39, 0.29) is 44.0 Å².